The first-order valence-corrected chi connectivity index (χ1v) is 10.6. The molecule has 0 radical (unpaired) electrons. The predicted octanol–water partition coefficient (Wildman–Crippen LogP) is 5.76. The van der Waals surface area contributed by atoms with E-state index in [0.29, 0.717) is 6.61 Å². The number of halogens is 1. The Morgan fingerprint density at radius 3 is 2.17 bits per heavy atom. The number of hydrogen-bond donors (Lipinski definition) is 0. The predicted molar refractivity (Wildman–Crippen MR) is 111 cm³/mol. The van der Waals surface area contributed by atoms with E-state index in [1.165, 1.54) is 50.3 Å². The van der Waals surface area contributed by atoms with Crippen molar-refractivity contribution in [3.8, 4) is 0 Å². The fourth-order valence-corrected chi connectivity index (χ4v) is 2.92. The lowest BCUT2D eigenvalue weighted by Crippen LogP contribution is -2.11. The van der Waals surface area contributed by atoms with E-state index in [4.69, 9.17) is 21.1 Å². The molecular formula is C21H30ClNO6. The summed E-state index contributed by atoms with van der Waals surface area (Å²) in [5.74, 6) is -1.05. The van der Waals surface area contributed by atoms with Gasteiger partial charge in [-0.1, -0.05) is 63.5 Å². The minimum atomic E-state index is -0.613. The third-order valence-corrected chi connectivity index (χ3v) is 4.66. The van der Waals surface area contributed by atoms with Crippen molar-refractivity contribution < 1.29 is 24.0 Å². The van der Waals surface area contributed by atoms with Gasteiger partial charge in [0.2, 0.25) is 0 Å². The summed E-state index contributed by atoms with van der Waals surface area (Å²) in [4.78, 5) is 33.9. The first-order chi connectivity index (χ1) is 13.9. The molecule has 0 aliphatic carbocycles. The van der Waals surface area contributed by atoms with Crippen LogP contribution in [0.5, 0.6) is 0 Å². The molecule has 0 N–H and O–H groups in total. The van der Waals surface area contributed by atoms with E-state index in [2.05, 4.69) is 6.92 Å². The van der Waals surface area contributed by atoms with Crippen LogP contribution in [-0.2, 0) is 25.7 Å². The second-order valence-electron chi connectivity index (χ2n) is 6.89. The van der Waals surface area contributed by atoms with E-state index >= 15 is 0 Å². The number of rotatable bonds is 15. The lowest BCUT2D eigenvalue weighted by Gasteiger charge is -2.07. The molecule has 0 saturated heterocycles. The summed E-state index contributed by atoms with van der Waals surface area (Å²) in [5.41, 5.74) is 0.0279. The van der Waals surface area contributed by atoms with E-state index < -0.39 is 16.9 Å². The second-order valence-corrected chi connectivity index (χ2v) is 7.32. The maximum atomic E-state index is 11.8. The van der Waals surface area contributed by atoms with Crippen molar-refractivity contribution in [1.29, 1.82) is 0 Å². The molecule has 0 unspecified atom stereocenters. The summed E-state index contributed by atoms with van der Waals surface area (Å²) in [6.45, 7) is 2.30. The maximum absolute atomic E-state index is 11.8. The summed E-state index contributed by atoms with van der Waals surface area (Å²) in [6.07, 6.45) is 9.08. The molecule has 1 rings (SSSR count). The van der Waals surface area contributed by atoms with E-state index in [1.807, 2.05) is 0 Å². The van der Waals surface area contributed by atoms with Crippen molar-refractivity contribution in [1.82, 2.24) is 0 Å². The average molecular weight is 428 g/mol. The van der Waals surface area contributed by atoms with Crippen LogP contribution in [-0.4, -0.2) is 23.5 Å². The van der Waals surface area contributed by atoms with E-state index in [0.717, 1.165) is 19.3 Å². The van der Waals surface area contributed by atoms with Crippen LogP contribution < -0.4 is 0 Å². The van der Waals surface area contributed by atoms with Crippen molar-refractivity contribution >= 4 is 29.2 Å². The van der Waals surface area contributed by atoms with Gasteiger partial charge in [0.05, 0.1) is 29.9 Å². The number of ether oxygens (including phenoxy) is 2. The number of nitro benzene ring substituents is 1. The van der Waals surface area contributed by atoms with Crippen molar-refractivity contribution in [2.75, 3.05) is 6.61 Å². The molecular weight excluding hydrogens is 398 g/mol. The Morgan fingerprint density at radius 2 is 1.55 bits per heavy atom. The lowest BCUT2D eigenvalue weighted by atomic mass is 10.1. The molecule has 162 valence electrons. The number of carbonyl (C=O) groups excluding carboxylic acids is 2. The summed E-state index contributed by atoms with van der Waals surface area (Å²) < 4.78 is 10.1. The van der Waals surface area contributed by atoms with Gasteiger partial charge >= 0.3 is 11.9 Å². The van der Waals surface area contributed by atoms with Gasteiger partial charge in [0.1, 0.15) is 6.61 Å². The topological polar surface area (TPSA) is 95.7 Å². The number of nitrogens with zero attached hydrogens (tertiary/aromatic N) is 1. The van der Waals surface area contributed by atoms with Gasteiger partial charge in [-0.2, -0.15) is 0 Å². The lowest BCUT2D eigenvalue weighted by molar-refractivity contribution is -0.385. The van der Waals surface area contributed by atoms with Gasteiger partial charge in [-0.25, -0.2) is 0 Å². The van der Waals surface area contributed by atoms with Gasteiger partial charge in [0.25, 0.3) is 5.69 Å². The third kappa shape index (κ3) is 11.4. The van der Waals surface area contributed by atoms with Crippen molar-refractivity contribution in [2.24, 2.45) is 0 Å². The largest absolute Gasteiger partial charge is 0.466 e. The van der Waals surface area contributed by atoms with Gasteiger partial charge in [-0.05, 0) is 18.6 Å². The van der Waals surface area contributed by atoms with Crippen LogP contribution in [0.1, 0.15) is 76.7 Å². The number of unbranched alkanes of at least 4 members (excludes halogenated alkanes) is 7. The Labute approximate surface area is 176 Å². The van der Waals surface area contributed by atoms with Crippen LogP contribution >= 0.6 is 11.6 Å². The van der Waals surface area contributed by atoms with Gasteiger partial charge < -0.3 is 9.47 Å². The highest BCUT2D eigenvalue weighted by Crippen LogP contribution is 2.24. The fraction of sp³-hybridized carbons (Fsp3) is 0.619. The maximum Gasteiger partial charge on any atom is 0.306 e. The highest BCUT2D eigenvalue weighted by atomic mass is 35.5. The molecule has 0 aliphatic heterocycles. The normalized spacial score (nSPS) is 10.6. The Balaban J connectivity index is 2.14. The number of esters is 2. The van der Waals surface area contributed by atoms with Crippen molar-refractivity contribution in [2.45, 2.75) is 77.7 Å². The standard InChI is InChI=1S/C21H30ClNO6/c1-2-3-4-5-6-7-8-9-14-28-20(24)12-13-21(25)29-16-17-10-11-18(22)15-19(17)23(26)27/h10-11,15H,2-9,12-14,16H2,1H3. The molecule has 0 amide bonds. The van der Waals surface area contributed by atoms with Crippen LogP contribution in [0.2, 0.25) is 5.02 Å². The first-order valence-electron chi connectivity index (χ1n) is 10.2. The monoisotopic (exact) mass is 427 g/mol. The van der Waals surface area contributed by atoms with Crippen LogP contribution in [0.3, 0.4) is 0 Å². The molecule has 1 aromatic rings. The first kappa shape index (κ1) is 24.9. The highest BCUT2D eigenvalue weighted by molar-refractivity contribution is 6.30. The molecule has 0 saturated carbocycles. The summed E-state index contributed by atoms with van der Waals surface area (Å²) in [7, 11) is 0. The summed E-state index contributed by atoms with van der Waals surface area (Å²) >= 11 is 5.74. The van der Waals surface area contributed by atoms with Gasteiger partial charge in [-0.3, -0.25) is 19.7 Å². The van der Waals surface area contributed by atoms with E-state index in [1.54, 1.807) is 0 Å². The molecule has 0 fully saturated rings. The zero-order valence-electron chi connectivity index (χ0n) is 17.0. The highest BCUT2D eigenvalue weighted by Gasteiger charge is 2.16. The van der Waals surface area contributed by atoms with Crippen molar-refractivity contribution in [3.05, 3.63) is 38.9 Å². The van der Waals surface area contributed by atoms with E-state index in [-0.39, 0.29) is 35.7 Å². The Morgan fingerprint density at radius 1 is 0.966 bits per heavy atom. The molecule has 0 aromatic heterocycles. The zero-order chi connectivity index (χ0) is 21.5. The number of hydrogen-bond acceptors (Lipinski definition) is 6. The molecule has 0 heterocycles. The molecule has 8 heteroatoms. The smallest absolute Gasteiger partial charge is 0.306 e. The second kappa shape index (κ2) is 14.8. The number of carbonyl (C=O) groups is 2. The van der Waals surface area contributed by atoms with E-state index in [9.17, 15) is 19.7 Å². The summed E-state index contributed by atoms with van der Waals surface area (Å²) in [5, 5.41) is 11.2. The van der Waals surface area contributed by atoms with Crippen molar-refractivity contribution in [3.63, 3.8) is 0 Å². The van der Waals surface area contributed by atoms with Crippen LogP contribution in [0, 0.1) is 10.1 Å². The van der Waals surface area contributed by atoms with Crippen LogP contribution in [0.25, 0.3) is 0 Å². The minimum absolute atomic E-state index is 0.0709. The Hall–Kier alpha value is -2.15. The SMILES string of the molecule is CCCCCCCCCCOC(=O)CCC(=O)OCc1ccc(Cl)cc1[N+](=O)[O-]. The molecule has 7 nitrogen and oxygen atoms in total. The molecule has 1 aromatic carbocycles. The molecule has 0 bridgehead atoms. The number of nitro groups is 1. The molecule has 0 aliphatic rings. The third-order valence-electron chi connectivity index (χ3n) is 4.43. The van der Waals surface area contributed by atoms with Crippen LogP contribution in [0.15, 0.2) is 18.2 Å². The fourth-order valence-electron chi connectivity index (χ4n) is 2.76. The molecule has 0 spiro atoms. The zero-order valence-corrected chi connectivity index (χ0v) is 17.7. The van der Waals surface area contributed by atoms with Gasteiger partial charge in [-0.15, -0.1) is 0 Å². The Kier molecular flexibility index (Phi) is 12.7. The van der Waals surface area contributed by atoms with Gasteiger partial charge in [0, 0.05) is 11.1 Å². The summed E-state index contributed by atoms with van der Waals surface area (Å²) in [6, 6.07) is 4.12. The van der Waals surface area contributed by atoms with Crippen LogP contribution in [0.4, 0.5) is 5.69 Å². The van der Waals surface area contributed by atoms with Gasteiger partial charge in [0.15, 0.2) is 0 Å². The average Bonchev–Trinajstić information content (AvgIpc) is 2.70. The molecule has 0 atom stereocenters. The number of benzene rings is 1. The quantitative estimate of drug-likeness (QED) is 0.153. The minimum Gasteiger partial charge on any atom is -0.466 e. The molecule has 29 heavy (non-hydrogen) atoms. The Bertz CT molecular complexity index is 665.